The lowest BCUT2D eigenvalue weighted by Crippen LogP contribution is -2.20. The van der Waals surface area contributed by atoms with Gasteiger partial charge in [0.25, 0.3) is 0 Å². The van der Waals surface area contributed by atoms with Crippen molar-refractivity contribution in [2.75, 3.05) is 0 Å². The Hall–Kier alpha value is -1.99. The number of aliphatic carboxylic acids is 1. The molecule has 2 aromatic rings. The first kappa shape index (κ1) is 21.3. The van der Waals surface area contributed by atoms with Gasteiger partial charge in [0.1, 0.15) is 5.03 Å². The molecule has 7 heteroatoms. The molecule has 144 valence electrons. The topological polar surface area (TPSA) is 93.3 Å². The van der Waals surface area contributed by atoms with Gasteiger partial charge in [-0.15, -0.1) is 0 Å². The second-order valence-electron chi connectivity index (χ2n) is 6.23. The third-order valence-corrected chi connectivity index (χ3v) is 6.98. The number of carboxylic acid groups (broad SMARTS) is 1. The summed E-state index contributed by atoms with van der Waals surface area (Å²) in [7, 11) is 3.20. The Morgan fingerprint density at radius 1 is 1.26 bits per heavy atom. The number of hydrogen-bond donors (Lipinski definition) is 2. The van der Waals surface area contributed by atoms with Crippen LogP contribution in [0.15, 0.2) is 47.6 Å². The number of aromatic nitrogens is 1. The van der Waals surface area contributed by atoms with Crippen LogP contribution >= 0.6 is 21.6 Å². The number of nitrogens with zero attached hydrogens (tertiary/aromatic N) is 1. The number of amides is 1. The molecular formula is C20H24N2O3S2. The van der Waals surface area contributed by atoms with E-state index < -0.39 is 17.8 Å². The van der Waals surface area contributed by atoms with Gasteiger partial charge < -0.3 is 10.8 Å². The normalized spacial score (nSPS) is 13.1. The minimum atomic E-state index is -0.925. The number of carbonyl (C=O) groups excluding carboxylic acids is 1. The molecular weight excluding hydrogens is 380 g/mol. The van der Waals surface area contributed by atoms with E-state index in [0.717, 1.165) is 23.4 Å². The molecule has 1 heterocycles. The highest BCUT2D eigenvalue weighted by Gasteiger charge is 2.25. The maximum absolute atomic E-state index is 11.8. The largest absolute Gasteiger partial charge is 0.481 e. The SMILES string of the molecule is CCCCC(C(=O)O)c1cc(C(C)SSc2ccccn2)ccc1C(N)=O. The lowest BCUT2D eigenvalue weighted by molar-refractivity contribution is -0.139. The molecule has 0 aliphatic carbocycles. The third kappa shape index (κ3) is 6.01. The maximum atomic E-state index is 11.8. The first-order chi connectivity index (χ1) is 12.9. The van der Waals surface area contributed by atoms with E-state index >= 15 is 0 Å². The van der Waals surface area contributed by atoms with Crippen molar-refractivity contribution in [3.8, 4) is 0 Å². The second kappa shape index (κ2) is 10.4. The van der Waals surface area contributed by atoms with Crippen molar-refractivity contribution >= 4 is 33.5 Å². The Labute approximate surface area is 167 Å². The number of rotatable bonds is 10. The van der Waals surface area contributed by atoms with E-state index in [1.807, 2.05) is 44.2 Å². The molecule has 0 spiro atoms. The van der Waals surface area contributed by atoms with E-state index in [2.05, 4.69) is 4.98 Å². The van der Waals surface area contributed by atoms with Gasteiger partial charge in [0, 0.05) is 17.0 Å². The molecule has 1 aromatic heterocycles. The van der Waals surface area contributed by atoms with Crippen molar-refractivity contribution < 1.29 is 14.7 Å². The lowest BCUT2D eigenvalue weighted by atomic mass is 9.88. The average Bonchev–Trinajstić information content (AvgIpc) is 2.66. The number of carbonyl (C=O) groups is 2. The predicted octanol–water partition coefficient (Wildman–Crippen LogP) is 5.04. The smallest absolute Gasteiger partial charge is 0.310 e. The molecule has 0 radical (unpaired) electrons. The monoisotopic (exact) mass is 404 g/mol. The molecule has 1 amide bonds. The van der Waals surface area contributed by atoms with Gasteiger partial charge in [-0.25, -0.2) is 4.98 Å². The van der Waals surface area contributed by atoms with E-state index in [4.69, 9.17) is 5.73 Å². The summed E-state index contributed by atoms with van der Waals surface area (Å²) >= 11 is 0. The summed E-state index contributed by atoms with van der Waals surface area (Å²) in [5.74, 6) is -2.25. The van der Waals surface area contributed by atoms with Gasteiger partial charge in [0.2, 0.25) is 5.91 Å². The van der Waals surface area contributed by atoms with E-state index in [1.165, 1.54) is 0 Å². The van der Waals surface area contributed by atoms with Gasteiger partial charge in [-0.05, 0) is 53.5 Å². The van der Waals surface area contributed by atoms with Crippen LogP contribution in [0, 0.1) is 0 Å². The standard InChI is InChI=1S/C20H24N2O3S2/c1-3-4-7-16(20(24)25)17-12-14(9-10-15(17)19(21)23)13(2)26-27-18-8-5-6-11-22-18/h5-6,8-13,16H,3-4,7H2,1-2H3,(H2,21,23)(H,24,25). The third-order valence-electron chi connectivity index (χ3n) is 4.25. The molecule has 0 bridgehead atoms. The Balaban J connectivity index is 2.27. The molecule has 27 heavy (non-hydrogen) atoms. The average molecular weight is 405 g/mol. The van der Waals surface area contributed by atoms with Gasteiger partial charge in [-0.2, -0.15) is 0 Å². The molecule has 0 saturated carbocycles. The van der Waals surface area contributed by atoms with E-state index in [-0.39, 0.29) is 10.8 Å². The lowest BCUT2D eigenvalue weighted by Gasteiger charge is -2.19. The minimum absolute atomic E-state index is 0.0957. The molecule has 0 aliphatic heterocycles. The summed E-state index contributed by atoms with van der Waals surface area (Å²) in [6.45, 7) is 4.06. The molecule has 1 aromatic carbocycles. The zero-order valence-corrected chi connectivity index (χ0v) is 17.1. The number of nitrogens with two attached hydrogens (primary N) is 1. The fraction of sp³-hybridized carbons (Fsp3) is 0.350. The Morgan fingerprint density at radius 2 is 2.04 bits per heavy atom. The first-order valence-corrected chi connectivity index (χ1v) is 11.1. The molecule has 0 aliphatic rings. The van der Waals surface area contributed by atoms with Crippen molar-refractivity contribution in [2.45, 2.75) is 49.3 Å². The first-order valence-electron chi connectivity index (χ1n) is 8.84. The molecule has 2 rings (SSSR count). The van der Waals surface area contributed by atoms with Crippen molar-refractivity contribution in [1.82, 2.24) is 4.98 Å². The quantitative estimate of drug-likeness (QED) is 0.539. The van der Waals surface area contributed by atoms with Crippen molar-refractivity contribution in [2.24, 2.45) is 5.73 Å². The van der Waals surface area contributed by atoms with Crippen LogP contribution < -0.4 is 5.73 Å². The molecule has 2 unspecified atom stereocenters. The van der Waals surface area contributed by atoms with Crippen molar-refractivity contribution in [3.05, 3.63) is 59.3 Å². The van der Waals surface area contributed by atoms with Crippen LogP contribution in [0.4, 0.5) is 0 Å². The van der Waals surface area contributed by atoms with Crippen LogP contribution in [0.25, 0.3) is 0 Å². The predicted molar refractivity (Wildman–Crippen MR) is 111 cm³/mol. The van der Waals surface area contributed by atoms with Gasteiger partial charge in [-0.1, -0.05) is 48.8 Å². The van der Waals surface area contributed by atoms with E-state index in [0.29, 0.717) is 12.0 Å². The highest BCUT2D eigenvalue weighted by molar-refractivity contribution is 8.76. The molecule has 5 nitrogen and oxygen atoms in total. The fourth-order valence-electron chi connectivity index (χ4n) is 2.74. The van der Waals surface area contributed by atoms with Gasteiger partial charge in [0.05, 0.1) is 5.92 Å². The molecule has 3 N–H and O–H groups in total. The summed E-state index contributed by atoms with van der Waals surface area (Å²) in [6.07, 6.45) is 3.90. The summed E-state index contributed by atoms with van der Waals surface area (Å²) in [6, 6.07) is 11.1. The fourth-order valence-corrected chi connectivity index (χ4v) is 4.84. The number of primary amides is 1. The van der Waals surface area contributed by atoms with Crippen molar-refractivity contribution in [3.63, 3.8) is 0 Å². The highest BCUT2D eigenvalue weighted by Crippen LogP contribution is 2.42. The zero-order chi connectivity index (χ0) is 19.8. The summed E-state index contributed by atoms with van der Waals surface area (Å²) in [5.41, 5.74) is 7.26. The van der Waals surface area contributed by atoms with E-state index in [1.54, 1.807) is 33.9 Å². The molecule has 2 atom stereocenters. The molecule has 0 saturated heterocycles. The number of benzene rings is 1. The Morgan fingerprint density at radius 3 is 2.63 bits per heavy atom. The number of pyridine rings is 1. The highest BCUT2D eigenvalue weighted by atomic mass is 33.1. The Kier molecular flexibility index (Phi) is 8.19. The second-order valence-corrected chi connectivity index (χ2v) is 8.80. The maximum Gasteiger partial charge on any atom is 0.310 e. The summed E-state index contributed by atoms with van der Waals surface area (Å²) < 4.78 is 0. The molecule has 0 fully saturated rings. The number of carboxylic acids is 1. The summed E-state index contributed by atoms with van der Waals surface area (Å²) in [5, 5.41) is 10.7. The van der Waals surface area contributed by atoms with Gasteiger partial charge >= 0.3 is 5.97 Å². The van der Waals surface area contributed by atoms with Crippen molar-refractivity contribution in [1.29, 1.82) is 0 Å². The van der Waals surface area contributed by atoms with Crippen LogP contribution in [0.5, 0.6) is 0 Å². The zero-order valence-electron chi connectivity index (χ0n) is 15.4. The number of hydrogen-bond acceptors (Lipinski definition) is 5. The van der Waals surface area contributed by atoms with Gasteiger partial charge in [0.15, 0.2) is 0 Å². The van der Waals surface area contributed by atoms with Crippen LogP contribution in [0.2, 0.25) is 0 Å². The Bertz CT molecular complexity index is 784. The van der Waals surface area contributed by atoms with Gasteiger partial charge in [-0.3, -0.25) is 9.59 Å². The minimum Gasteiger partial charge on any atom is -0.481 e. The van der Waals surface area contributed by atoms with Crippen LogP contribution in [0.3, 0.4) is 0 Å². The van der Waals surface area contributed by atoms with Crippen LogP contribution in [-0.2, 0) is 4.79 Å². The van der Waals surface area contributed by atoms with E-state index in [9.17, 15) is 14.7 Å². The number of unbranched alkanes of at least 4 members (excludes halogenated alkanes) is 1. The summed E-state index contributed by atoms with van der Waals surface area (Å²) in [4.78, 5) is 27.9. The van der Waals surface area contributed by atoms with Crippen LogP contribution in [0.1, 0.15) is 65.8 Å². The van der Waals surface area contributed by atoms with Crippen LogP contribution in [-0.4, -0.2) is 22.0 Å².